The lowest BCUT2D eigenvalue weighted by molar-refractivity contribution is -0.116. The summed E-state index contributed by atoms with van der Waals surface area (Å²) in [5, 5.41) is 9.97. The smallest absolute Gasteiger partial charge is 0.270 e. The van der Waals surface area contributed by atoms with Gasteiger partial charge in [-0.05, 0) is 30.7 Å². The maximum atomic E-state index is 11.9. The molecule has 110 valence electrons. The van der Waals surface area contributed by atoms with Crippen LogP contribution in [0, 0.1) is 0 Å². The fourth-order valence-electron chi connectivity index (χ4n) is 1.71. The van der Waals surface area contributed by atoms with Crippen molar-refractivity contribution in [1.82, 2.24) is 14.9 Å². The fraction of sp³-hybridized carbons (Fsp3) is 0.286. The number of carbonyl (C=O) groups is 2. The van der Waals surface area contributed by atoms with Gasteiger partial charge in [-0.1, -0.05) is 13.3 Å². The molecule has 0 fully saturated rings. The number of nitrogens with one attached hydrogen (secondary N) is 2. The molecule has 0 radical (unpaired) electrons. The van der Waals surface area contributed by atoms with Gasteiger partial charge < -0.3 is 5.32 Å². The SMILES string of the molecule is CCCCC(=O)Nc1ccc(C(=O)Nn2cnnc2)cc1. The Morgan fingerprint density at radius 2 is 1.81 bits per heavy atom. The Morgan fingerprint density at radius 3 is 2.43 bits per heavy atom. The van der Waals surface area contributed by atoms with Crippen molar-refractivity contribution in [3.63, 3.8) is 0 Å². The number of hydrogen-bond donors (Lipinski definition) is 2. The summed E-state index contributed by atoms with van der Waals surface area (Å²) in [6, 6.07) is 6.69. The van der Waals surface area contributed by atoms with Gasteiger partial charge in [0.05, 0.1) is 0 Å². The predicted molar refractivity (Wildman–Crippen MR) is 78.3 cm³/mol. The molecule has 0 saturated carbocycles. The summed E-state index contributed by atoms with van der Waals surface area (Å²) in [5.74, 6) is -0.294. The minimum Gasteiger partial charge on any atom is -0.326 e. The molecule has 2 rings (SSSR count). The van der Waals surface area contributed by atoms with Gasteiger partial charge in [0.2, 0.25) is 5.91 Å². The molecule has 0 saturated heterocycles. The van der Waals surface area contributed by atoms with E-state index in [9.17, 15) is 9.59 Å². The molecule has 7 heteroatoms. The summed E-state index contributed by atoms with van der Waals surface area (Å²) in [6.45, 7) is 2.04. The Kier molecular flexibility index (Phi) is 5.03. The quantitative estimate of drug-likeness (QED) is 0.847. The minimum absolute atomic E-state index is 0.0152. The molecule has 0 aliphatic rings. The summed E-state index contributed by atoms with van der Waals surface area (Å²) < 4.78 is 1.36. The average molecular weight is 287 g/mol. The van der Waals surface area contributed by atoms with Crippen LogP contribution < -0.4 is 10.7 Å². The molecule has 0 spiro atoms. The second-order valence-electron chi connectivity index (χ2n) is 4.54. The fourth-order valence-corrected chi connectivity index (χ4v) is 1.71. The predicted octanol–water partition coefficient (Wildman–Crippen LogP) is 1.79. The summed E-state index contributed by atoms with van der Waals surface area (Å²) in [4.78, 5) is 23.5. The largest absolute Gasteiger partial charge is 0.326 e. The van der Waals surface area contributed by atoms with Crippen LogP contribution in [0.3, 0.4) is 0 Å². The summed E-state index contributed by atoms with van der Waals surface area (Å²) in [7, 11) is 0. The lowest BCUT2D eigenvalue weighted by atomic mass is 10.2. The molecule has 1 aromatic carbocycles. The van der Waals surface area contributed by atoms with E-state index in [1.807, 2.05) is 6.92 Å². The molecular formula is C14H17N5O2. The van der Waals surface area contributed by atoms with E-state index < -0.39 is 0 Å². The van der Waals surface area contributed by atoms with Crippen molar-refractivity contribution in [2.45, 2.75) is 26.2 Å². The number of nitrogens with zero attached hydrogens (tertiary/aromatic N) is 3. The van der Waals surface area contributed by atoms with Crippen LogP contribution in [0.2, 0.25) is 0 Å². The number of unbranched alkanes of at least 4 members (excludes halogenated alkanes) is 1. The van der Waals surface area contributed by atoms with Crippen LogP contribution in [0.5, 0.6) is 0 Å². The van der Waals surface area contributed by atoms with E-state index in [0.29, 0.717) is 17.7 Å². The van der Waals surface area contributed by atoms with Gasteiger partial charge in [0.1, 0.15) is 12.7 Å². The number of benzene rings is 1. The van der Waals surface area contributed by atoms with Crippen molar-refractivity contribution in [3.05, 3.63) is 42.5 Å². The first-order chi connectivity index (χ1) is 10.2. The second-order valence-corrected chi connectivity index (χ2v) is 4.54. The molecule has 7 nitrogen and oxygen atoms in total. The van der Waals surface area contributed by atoms with Gasteiger partial charge in [-0.15, -0.1) is 10.2 Å². The van der Waals surface area contributed by atoms with Crippen molar-refractivity contribution in [1.29, 1.82) is 0 Å². The molecule has 0 bridgehead atoms. The number of carbonyl (C=O) groups excluding carboxylic acids is 2. The highest BCUT2D eigenvalue weighted by atomic mass is 16.2. The van der Waals surface area contributed by atoms with E-state index in [-0.39, 0.29) is 11.8 Å². The third kappa shape index (κ3) is 4.41. The van der Waals surface area contributed by atoms with Crippen molar-refractivity contribution >= 4 is 17.5 Å². The highest BCUT2D eigenvalue weighted by molar-refractivity contribution is 6.00. The molecular weight excluding hydrogens is 270 g/mol. The summed E-state index contributed by atoms with van der Waals surface area (Å²) in [5.41, 5.74) is 3.75. The molecule has 0 atom stereocenters. The van der Waals surface area contributed by atoms with Gasteiger partial charge >= 0.3 is 0 Å². The molecule has 21 heavy (non-hydrogen) atoms. The first kappa shape index (κ1) is 14.7. The zero-order valence-corrected chi connectivity index (χ0v) is 11.7. The Hall–Kier alpha value is -2.70. The summed E-state index contributed by atoms with van der Waals surface area (Å²) >= 11 is 0. The number of hydrogen-bond acceptors (Lipinski definition) is 4. The lowest BCUT2D eigenvalue weighted by Gasteiger charge is -2.07. The Balaban J connectivity index is 1.92. The first-order valence-corrected chi connectivity index (χ1v) is 6.75. The van der Waals surface area contributed by atoms with Crippen LogP contribution in [-0.4, -0.2) is 26.7 Å². The number of rotatable bonds is 6. The molecule has 2 aromatic rings. The number of anilines is 1. The maximum absolute atomic E-state index is 11.9. The normalized spacial score (nSPS) is 10.1. The van der Waals surface area contributed by atoms with E-state index in [1.54, 1.807) is 24.3 Å². The molecule has 0 unspecified atom stereocenters. The van der Waals surface area contributed by atoms with Crippen molar-refractivity contribution in [2.24, 2.45) is 0 Å². The lowest BCUT2D eigenvalue weighted by Crippen LogP contribution is -2.21. The topological polar surface area (TPSA) is 88.9 Å². The van der Waals surface area contributed by atoms with E-state index >= 15 is 0 Å². The average Bonchev–Trinajstić information content (AvgIpc) is 2.98. The highest BCUT2D eigenvalue weighted by Gasteiger charge is 2.07. The van der Waals surface area contributed by atoms with Gasteiger partial charge in [0, 0.05) is 17.7 Å². The van der Waals surface area contributed by atoms with E-state index in [2.05, 4.69) is 20.9 Å². The van der Waals surface area contributed by atoms with E-state index in [1.165, 1.54) is 17.3 Å². The molecule has 2 amide bonds. The van der Waals surface area contributed by atoms with E-state index in [4.69, 9.17) is 0 Å². The highest BCUT2D eigenvalue weighted by Crippen LogP contribution is 2.10. The van der Waals surface area contributed by atoms with Gasteiger partial charge in [0.25, 0.3) is 5.91 Å². The van der Waals surface area contributed by atoms with Crippen molar-refractivity contribution < 1.29 is 9.59 Å². The van der Waals surface area contributed by atoms with Gasteiger partial charge in [-0.25, -0.2) is 4.68 Å². The number of aromatic nitrogens is 3. The van der Waals surface area contributed by atoms with Crippen molar-refractivity contribution in [3.8, 4) is 0 Å². The van der Waals surface area contributed by atoms with Crippen LogP contribution in [0.25, 0.3) is 0 Å². The van der Waals surface area contributed by atoms with Gasteiger partial charge in [-0.2, -0.15) is 0 Å². The van der Waals surface area contributed by atoms with Crippen LogP contribution >= 0.6 is 0 Å². The van der Waals surface area contributed by atoms with Crippen LogP contribution in [0.1, 0.15) is 36.5 Å². The Bertz CT molecular complexity index is 592. The monoisotopic (exact) mass is 287 g/mol. The van der Waals surface area contributed by atoms with Crippen LogP contribution in [-0.2, 0) is 4.79 Å². The van der Waals surface area contributed by atoms with Gasteiger partial charge in [0.15, 0.2) is 0 Å². The maximum Gasteiger partial charge on any atom is 0.270 e. The molecule has 0 aliphatic carbocycles. The third-order valence-corrected chi connectivity index (χ3v) is 2.84. The standard InChI is InChI=1S/C14H17N5O2/c1-2-3-4-13(20)17-12-7-5-11(6-8-12)14(21)18-19-9-15-16-10-19/h5-10H,2-4H2,1H3,(H,17,20)(H,18,21). The molecule has 1 heterocycles. The van der Waals surface area contributed by atoms with Crippen LogP contribution in [0.15, 0.2) is 36.9 Å². The third-order valence-electron chi connectivity index (χ3n) is 2.84. The Morgan fingerprint density at radius 1 is 1.14 bits per heavy atom. The van der Waals surface area contributed by atoms with Crippen molar-refractivity contribution in [2.75, 3.05) is 10.7 Å². The zero-order valence-electron chi connectivity index (χ0n) is 11.7. The minimum atomic E-state index is -0.279. The second kappa shape index (κ2) is 7.18. The van der Waals surface area contributed by atoms with Gasteiger partial charge in [-0.3, -0.25) is 15.0 Å². The van der Waals surface area contributed by atoms with E-state index in [0.717, 1.165) is 12.8 Å². The summed E-state index contributed by atoms with van der Waals surface area (Å²) in [6.07, 6.45) is 5.13. The Labute approximate surface area is 122 Å². The molecule has 1 aromatic heterocycles. The number of amides is 2. The molecule has 0 aliphatic heterocycles. The zero-order chi connectivity index (χ0) is 15.1. The van der Waals surface area contributed by atoms with Crippen LogP contribution in [0.4, 0.5) is 5.69 Å². The molecule has 2 N–H and O–H groups in total. The first-order valence-electron chi connectivity index (χ1n) is 6.75.